The molecule has 0 bridgehead atoms. The number of non-ortho nitro benzene ring substituents is 1. The summed E-state index contributed by atoms with van der Waals surface area (Å²) in [6, 6.07) is 9.37. The van der Waals surface area contributed by atoms with Gasteiger partial charge in [0.25, 0.3) is 5.69 Å². The van der Waals surface area contributed by atoms with Crippen LogP contribution in [0.4, 0.5) is 10.1 Å². The lowest BCUT2D eigenvalue weighted by molar-refractivity contribution is -0.384. The number of aromatic nitrogens is 1. The topological polar surface area (TPSA) is 106 Å². The zero-order valence-corrected chi connectivity index (χ0v) is 18.2. The van der Waals surface area contributed by atoms with Crippen molar-refractivity contribution in [2.45, 2.75) is 11.4 Å². The summed E-state index contributed by atoms with van der Waals surface area (Å²) < 4.78 is 41.9. The summed E-state index contributed by atoms with van der Waals surface area (Å²) in [6.45, 7) is 0.639. The number of halogens is 2. The predicted molar refractivity (Wildman–Crippen MR) is 115 cm³/mol. The van der Waals surface area contributed by atoms with Crippen LogP contribution in [0.15, 0.2) is 53.6 Å². The van der Waals surface area contributed by atoms with E-state index in [0.717, 1.165) is 18.2 Å². The van der Waals surface area contributed by atoms with Crippen LogP contribution >= 0.6 is 11.6 Å². The lowest BCUT2D eigenvalue weighted by atomic mass is 10.2. The highest BCUT2D eigenvalue weighted by Crippen LogP contribution is 2.24. The van der Waals surface area contributed by atoms with Crippen molar-refractivity contribution in [1.29, 1.82) is 0 Å². The van der Waals surface area contributed by atoms with E-state index in [4.69, 9.17) is 11.6 Å². The van der Waals surface area contributed by atoms with Gasteiger partial charge in [0.05, 0.1) is 14.8 Å². The average Bonchev–Trinajstić information content (AvgIpc) is 3.17. The van der Waals surface area contributed by atoms with E-state index in [1.54, 1.807) is 27.8 Å². The molecule has 1 saturated heterocycles. The summed E-state index contributed by atoms with van der Waals surface area (Å²) in [6.07, 6.45) is 1.69. The lowest BCUT2D eigenvalue weighted by Gasteiger charge is -2.34. The average molecular weight is 481 g/mol. The van der Waals surface area contributed by atoms with Crippen molar-refractivity contribution in [1.82, 2.24) is 13.8 Å². The zero-order valence-electron chi connectivity index (χ0n) is 16.6. The van der Waals surface area contributed by atoms with Gasteiger partial charge in [0.15, 0.2) is 0 Å². The summed E-state index contributed by atoms with van der Waals surface area (Å²) in [7, 11) is -3.86. The number of nitro benzene ring substituents is 1. The number of sulfonamides is 1. The van der Waals surface area contributed by atoms with Crippen LogP contribution in [-0.4, -0.2) is 59.2 Å². The number of carbonyl (C=O) groups is 1. The van der Waals surface area contributed by atoms with E-state index in [1.165, 1.54) is 16.4 Å². The van der Waals surface area contributed by atoms with Gasteiger partial charge in [0, 0.05) is 55.4 Å². The maximum Gasteiger partial charge on any atom is 0.270 e. The second-order valence-electron chi connectivity index (χ2n) is 7.30. The first-order chi connectivity index (χ1) is 15.2. The van der Waals surface area contributed by atoms with Crippen molar-refractivity contribution >= 4 is 44.1 Å². The van der Waals surface area contributed by atoms with Crippen molar-refractivity contribution in [3.8, 4) is 0 Å². The molecule has 2 aromatic carbocycles. The minimum Gasteiger partial charge on any atom is -0.339 e. The first-order valence-electron chi connectivity index (χ1n) is 9.63. The van der Waals surface area contributed by atoms with Gasteiger partial charge in [-0.1, -0.05) is 11.6 Å². The third-order valence-corrected chi connectivity index (χ3v) is 7.58. The summed E-state index contributed by atoms with van der Waals surface area (Å²) in [4.78, 5) is 24.7. The van der Waals surface area contributed by atoms with Gasteiger partial charge in [0.1, 0.15) is 12.4 Å². The minimum atomic E-state index is -3.86. The van der Waals surface area contributed by atoms with E-state index in [9.17, 15) is 27.7 Å². The van der Waals surface area contributed by atoms with Gasteiger partial charge in [-0.05, 0) is 30.3 Å². The summed E-state index contributed by atoms with van der Waals surface area (Å²) >= 11 is 5.71. The number of benzene rings is 2. The molecule has 12 heteroatoms. The Labute approximate surface area is 187 Å². The largest absolute Gasteiger partial charge is 0.339 e. The van der Waals surface area contributed by atoms with Gasteiger partial charge in [0.2, 0.25) is 15.9 Å². The fourth-order valence-corrected chi connectivity index (χ4v) is 5.34. The van der Waals surface area contributed by atoms with E-state index in [1.807, 2.05) is 0 Å². The smallest absolute Gasteiger partial charge is 0.270 e. The van der Waals surface area contributed by atoms with Crippen molar-refractivity contribution < 1.29 is 22.5 Å². The molecule has 3 aromatic rings. The van der Waals surface area contributed by atoms with Crippen LogP contribution in [-0.2, 0) is 21.4 Å². The van der Waals surface area contributed by atoms with Gasteiger partial charge in [-0.2, -0.15) is 4.31 Å². The first-order valence-corrected chi connectivity index (χ1v) is 11.4. The minimum absolute atomic E-state index is 0.0265. The second-order valence-corrected chi connectivity index (χ2v) is 9.65. The summed E-state index contributed by atoms with van der Waals surface area (Å²) in [5, 5.41) is 11.3. The van der Waals surface area contributed by atoms with E-state index < -0.39 is 20.8 Å². The van der Waals surface area contributed by atoms with Crippen molar-refractivity contribution in [2.75, 3.05) is 26.2 Å². The van der Waals surface area contributed by atoms with Crippen LogP contribution < -0.4 is 0 Å². The molecule has 0 atom stereocenters. The Morgan fingerprint density at radius 1 is 1.09 bits per heavy atom. The highest BCUT2D eigenvalue weighted by Gasteiger charge is 2.30. The monoisotopic (exact) mass is 480 g/mol. The fraction of sp³-hybridized carbons (Fsp3) is 0.250. The highest BCUT2D eigenvalue weighted by atomic mass is 35.5. The third kappa shape index (κ3) is 4.18. The molecule has 4 rings (SSSR count). The highest BCUT2D eigenvalue weighted by molar-refractivity contribution is 7.89. The third-order valence-electron chi connectivity index (χ3n) is 5.39. The van der Waals surface area contributed by atoms with Crippen LogP contribution in [0.25, 0.3) is 10.9 Å². The maximum atomic E-state index is 13.4. The quantitative estimate of drug-likeness (QED) is 0.412. The Morgan fingerprint density at radius 3 is 2.47 bits per heavy atom. The van der Waals surface area contributed by atoms with Gasteiger partial charge >= 0.3 is 0 Å². The number of hydrogen-bond acceptors (Lipinski definition) is 5. The number of rotatable bonds is 5. The Bertz CT molecular complexity index is 1320. The molecule has 0 spiro atoms. The Morgan fingerprint density at radius 2 is 1.81 bits per heavy atom. The summed E-state index contributed by atoms with van der Waals surface area (Å²) in [5.74, 6) is -0.893. The molecule has 1 aromatic heterocycles. The summed E-state index contributed by atoms with van der Waals surface area (Å²) in [5.41, 5.74) is 0.666. The van der Waals surface area contributed by atoms with Crippen molar-refractivity contribution in [3.63, 3.8) is 0 Å². The molecule has 1 fully saturated rings. The lowest BCUT2D eigenvalue weighted by Crippen LogP contribution is -2.51. The standard InChI is InChI=1S/C20H18ClFN4O5S/c21-17-12-16(2-3-18(17)22)32(30,31)25-9-7-23(8-10-25)20(27)13-24-6-5-14-11-15(26(28)29)1-4-19(14)24/h1-6,11-12H,7-10,13H2. The molecule has 32 heavy (non-hydrogen) atoms. The molecule has 1 aliphatic heterocycles. The molecule has 0 aliphatic carbocycles. The fourth-order valence-electron chi connectivity index (χ4n) is 3.65. The molecule has 0 N–H and O–H groups in total. The van der Waals surface area contributed by atoms with Crippen LogP contribution in [0.1, 0.15) is 0 Å². The van der Waals surface area contributed by atoms with Crippen molar-refractivity contribution in [3.05, 3.63) is 69.6 Å². The van der Waals surface area contributed by atoms with E-state index in [2.05, 4.69) is 0 Å². The molecule has 0 saturated carbocycles. The molecule has 0 unspecified atom stereocenters. The molecule has 1 amide bonds. The second kappa shape index (κ2) is 8.49. The molecular formula is C20H18ClFN4O5S. The van der Waals surface area contributed by atoms with Crippen LogP contribution in [0, 0.1) is 15.9 Å². The Hall–Kier alpha value is -3.02. The number of carbonyl (C=O) groups excluding carboxylic acids is 1. The van der Waals surface area contributed by atoms with Gasteiger partial charge < -0.3 is 9.47 Å². The molecule has 1 aliphatic rings. The predicted octanol–water partition coefficient (Wildman–Crippen LogP) is 2.88. The van der Waals surface area contributed by atoms with Gasteiger partial charge in [-0.3, -0.25) is 14.9 Å². The Balaban J connectivity index is 1.42. The molecule has 9 nitrogen and oxygen atoms in total. The van der Waals surface area contributed by atoms with Gasteiger partial charge in [-0.25, -0.2) is 12.8 Å². The van der Waals surface area contributed by atoms with E-state index in [-0.39, 0.29) is 54.2 Å². The van der Waals surface area contributed by atoms with Crippen molar-refractivity contribution in [2.24, 2.45) is 0 Å². The number of nitrogens with zero attached hydrogens (tertiary/aromatic N) is 4. The number of fused-ring (bicyclic) bond motifs is 1. The molecule has 168 valence electrons. The van der Waals surface area contributed by atoms with Gasteiger partial charge in [-0.15, -0.1) is 0 Å². The first kappa shape index (κ1) is 22.2. The van der Waals surface area contributed by atoms with E-state index in [0.29, 0.717) is 10.9 Å². The Kier molecular flexibility index (Phi) is 5.89. The van der Waals surface area contributed by atoms with E-state index >= 15 is 0 Å². The number of hydrogen-bond donors (Lipinski definition) is 0. The maximum absolute atomic E-state index is 13.4. The zero-order chi connectivity index (χ0) is 23.0. The molecular weight excluding hydrogens is 463 g/mol. The number of nitro groups is 1. The van der Waals surface area contributed by atoms with Crippen LogP contribution in [0.2, 0.25) is 5.02 Å². The van der Waals surface area contributed by atoms with Crippen LogP contribution in [0.3, 0.4) is 0 Å². The van der Waals surface area contributed by atoms with Crippen LogP contribution in [0.5, 0.6) is 0 Å². The number of piperazine rings is 1. The normalized spacial score (nSPS) is 15.2. The molecule has 2 heterocycles. The molecule has 0 radical (unpaired) electrons. The number of amides is 1. The SMILES string of the molecule is O=C(Cn1ccc2cc([N+](=O)[O-])ccc21)N1CCN(S(=O)(=O)c2ccc(F)c(Cl)c2)CC1.